The van der Waals surface area contributed by atoms with Gasteiger partial charge < -0.3 is 14.4 Å². The van der Waals surface area contributed by atoms with Crippen molar-refractivity contribution in [1.82, 2.24) is 4.72 Å². The molecule has 0 aliphatic carbocycles. The Kier molecular flexibility index (Phi) is 12.3. The molecule has 0 saturated heterocycles. The number of rotatable bonds is 16. The van der Waals surface area contributed by atoms with Crippen molar-refractivity contribution in [3.63, 3.8) is 0 Å². The molecule has 0 heterocycles. The van der Waals surface area contributed by atoms with Gasteiger partial charge in [-0.3, -0.25) is 0 Å². The Balaban J connectivity index is 4.09. The Morgan fingerprint density at radius 2 is 1.44 bits per heavy atom. The minimum Gasteiger partial charge on any atom is -0.550 e. The summed E-state index contributed by atoms with van der Waals surface area (Å²) >= 11 is 0. The average Bonchev–Trinajstić information content (AvgIpc) is 2.42. The highest BCUT2D eigenvalue weighted by Crippen LogP contribution is 2.10. The lowest BCUT2D eigenvalue weighted by Crippen LogP contribution is -2.51. The number of quaternary nitrogens is 1. The smallest absolute Gasteiger partial charge is 0.212 e. The zero-order valence-electron chi connectivity index (χ0n) is 16.6. The first-order valence-electron chi connectivity index (χ1n) is 9.56. The third kappa shape index (κ3) is 16.6. The van der Waals surface area contributed by atoms with E-state index in [-0.39, 0.29) is 12.2 Å². The summed E-state index contributed by atoms with van der Waals surface area (Å²) in [5.74, 6) is -1.17. The molecule has 0 aromatic heterocycles. The number of carboxylic acid groups (broad SMARTS) is 1. The fourth-order valence-electron chi connectivity index (χ4n) is 2.92. The molecular weight excluding hydrogens is 340 g/mol. The van der Waals surface area contributed by atoms with Crippen LogP contribution in [0, 0.1) is 0 Å². The molecule has 0 radical (unpaired) electrons. The maximum Gasteiger partial charge on any atom is 0.212 e. The number of hydrogen-bond donors (Lipinski definition) is 1. The Labute approximate surface area is 154 Å². The minimum atomic E-state index is -3.45. The van der Waals surface area contributed by atoms with E-state index < -0.39 is 22.0 Å². The second-order valence-corrected chi connectivity index (χ2v) is 9.88. The number of likely N-dealkylation sites (N-methyl/N-ethyl adjacent to an activating group) is 1. The maximum atomic E-state index is 12.2. The number of hydrogen-bond acceptors (Lipinski definition) is 4. The van der Waals surface area contributed by atoms with Gasteiger partial charge in [0.1, 0.15) is 0 Å². The van der Waals surface area contributed by atoms with Gasteiger partial charge in [-0.05, 0) is 6.42 Å². The summed E-state index contributed by atoms with van der Waals surface area (Å²) < 4.78 is 27.4. The molecule has 0 aliphatic heterocycles. The molecule has 0 aromatic carbocycles. The van der Waals surface area contributed by atoms with Gasteiger partial charge in [0, 0.05) is 12.4 Å². The molecule has 0 bridgehead atoms. The van der Waals surface area contributed by atoms with Crippen molar-refractivity contribution in [2.45, 2.75) is 77.2 Å². The van der Waals surface area contributed by atoms with E-state index in [1.807, 2.05) is 21.1 Å². The van der Waals surface area contributed by atoms with Gasteiger partial charge in [0.25, 0.3) is 0 Å². The van der Waals surface area contributed by atoms with Gasteiger partial charge in [0.05, 0.1) is 39.5 Å². The quantitative estimate of drug-likeness (QED) is 0.327. The Hall–Kier alpha value is -0.660. The number of carbonyl (C=O) groups excluding carboxylic acids is 1. The van der Waals surface area contributed by atoms with Crippen molar-refractivity contribution in [1.29, 1.82) is 0 Å². The normalized spacial score (nSPS) is 13.8. The van der Waals surface area contributed by atoms with Crippen LogP contribution >= 0.6 is 0 Å². The molecule has 1 N–H and O–H groups in total. The second kappa shape index (κ2) is 12.7. The van der Waals surface area contributed by atoms with Crippen molar-refractivity contribution in [3.8, 4) is 0 Å². The second-order valence-electron chi connectivity index (χ2n) is 8.01. The van der Waals surface area contributed by atoms with Crippen LogP contribution in [0.4, 0.5) is 0 Å². The largest absolute Gasteiger partial charge is 0.550 e. The molecule has 150 valence electrons. The summed E-state index contributed by atoms with van der Waals surface area (Å²) in [7, 11) is 2.25. The highest BCUT2D eigenvalue weighted by atomic mass is 32.2. The highest BCUT2D eigenvalue weighted by molar-refractivity contribution is 7.89. The third-order valence-corrected chi connectivity index (χ3v) is 5.56. The first-order valence-corrected chi connectivity index (χ1v) is 11.2. The fourth-order valence-corrected chi connectivity index (χ4v) is 4.29. The Bertz CT molecular complexity index is 458. The van der Waals surface area contributed by atoms with Crippen LogP contribution < -0.4 is 9.83 Å². The predicted molar refractivity (Wildman–Crippen MR) is 100 cm³/mol. The standard InChI is InChI=1S/C18H38N2O4S/c1-5-6-7-8-9-10-11-12-13-14-25(23,24)19-17(15-18(21)22)16-20(2,3)4/h17,19H,5-16H2,1-4H3/t17-/m0/s1. The van der Waals surface area contributed by atoms with E-state index in [9.17, 15) is 18.3 Å². The highest BCUT2D eigenvalue weighted by Gasteiger charge is 2.23. The zero-order chi connectivity index (χ0) is 19.3. The first-order chi connectivity index (χ1) is 11.6. The van der Waals surface area contributed by atoms with Crippen LogP contribution in [0.1, 0.15) is 71.1 Å². The molecule has 25 heavy (non-hydrogen) atoms. The van der Waals surface area contributed by atoms with Gasteiger partial charge in [-0.15, -0.1) is 0 Å². The lowest BCUT2D eigenvalue weighted by Gasteiger charge is -2.29. The lowest BCUT2D eigenvalue weighted by molar-refractivity contribution is -0.871. The van der Waals surface area contributed by atoms with Gasteiger partial charge in [0.2, 0.25) is 10.0 Å². The van der Waals surface area contributed by atoms with Crippen molar-refractivity contribution < 1.29 is 22.8 Å². The van der Waals surface area contributed by atoms with Gasteiger partial charge in [0.15, 0.2) is 0 Å². The van der Waals surface area contributed by atoms with Gasteiger partial charge in [-0.1, -0.05) is 58.3 Å². The summed E-state index contributed by atoms with van der Waals surface area (Å²) in [6.45, 7) is 2.61. The van der Waals surface area contributed by atoms with Crippen LogP contribution in [-0.2, 0) is 14.8 Å². The van der Waals surface area contributed by atoms with E-state index in [1.165, 1.54) is 32.1 Å². The topological polar surface area (TPSA) is 86.3 Å². The summed E-state index contributed by atoms with van der Waals surface area (Å²) in [6, 6.07) is -0.631. The van der Waals surface area contributed by atoms with E-state index in [1.54, 1.807) is 0 Å². The molecule has 0 unspecified atom stereocenters. The van der Waals surface area contributed by atoms with E-state index in [0.29, 0.717) is 17.4 Å². The van der Waals surface area contributed by atoms with Gasteiger partial charge in [-0.2, -0.15) is 0 Å². The van der Waals surface area contributed by atoms with Crippen LogP contribution in [0.25, 0.3) is 0 Å². The molecule has 0 amide bonds. The average molecular weight is 379 g/mol. The van der Waals surface area contributed by atoms with E-state index >= 15 is 0 Å². The van der Waals surface area contributed by atoms with E-state index in [0.717, 1.165) is 19.3 Å². The fraction of sp³-hybridized carbons (Fsp3) is 0.944. The molecule has 1 atom stereocenters. The predicted octanol–water partition coefficient (Wildman–Crippen LogP) is 1.65. The number of carbonyl (C=O) groups is 1. The summed E-state index contributed by atoms with van der Waals surface area (Å²) in [4.78, 5) is 10.9. The summed E-state index contributed by atoms with van der Waals surface area (Å²) in [6.07, 6.45) is 9.76. The van der Waals surface area contributed by atoms with E-state index in [4.69, 9.17) is 0 Å². The number of carboxylic acids is 1. The SMILES string of the molecule is CCCCCCCCCCCS(=O)(=O)N[C@@H](CC(=O)[O-])C[N+](C)(C)C. The summed E-state index contributed by atoms with van der Waals surface area (Å²) in [5.41, 5.74) is 0. The number of nitrogens with one attached hydrogen (secondary N) is 1. The van der Waals surface area contributed by atoms with Crippen LogP contribution in [-0.4, -0.2) is 58.4 Å². The molecule has 0 fully saturated rings. The van der Waals surface area contributed by atoms with Gasteiger partial charge in [-0.25, -0.2) is 13.1 Å². The van der Waals surface area contributed by atoms with Crippen LogP contribution in [0.2, 0.25) is 0 Å². The number of sulfonamides is 1. The first kappa shape index (κ1) is 24.3. The third-order valence-electron chi connectivity index (χ3n) is 4.04. The molecule has 0 aliphatic rings. The van der Waals surface area contributed by atoms with Crippen molar-refractivity contribution in [2.75, 3.05) is 33.4 Å². The zero-order valence-corrected chi connectivity index (χ0v) is 17.4. The Morgan fingerprint density at radius 3 is 1.88 bits per heavy atom. The van der Waals surface area contributed by atoms with E-state index in [2.05, 4.69) is 11.6 Å². The number of unbranched alkanes of at least 4 members (excludes halogenated alkanes) is 8. The van der Waals surface area contributed by atoms with Crippen molar-refractivity contribution in [3.05, 3.63) is 0 Å². The monoisotopic (exact) mass is 378 g/mol. The summed E-state index contributed by atoms with van der Waals surface area (Å²) in [5, 5.41) is 10.9. The number of aliphatic carboxylic acids is 1. The Morgan fingerprint density at radius 1 is 0.960 bits per heavy atom. The molecule has 0 aromatic rings. The lowest BCUT2D eigenvalue weighted by atomic mass is 10.1. The number of nitrogens with zero attached hydrogens (tertiary/aromatic N) is 1. The van der Waals surface area contributed by atoms with Crippen LogP contribution in [0.3, 0.4) is 0 Å². The maximum absolute atomic E-state index is 12.2. The molecular formula is C18H38N2O4S. The van der Waals surface area contributed by atoms with Crippen molar-refractivity contribution in [2.24, 2.45) is 0 Å². The van der Waals surface area contributed by atoms with Crippen LogP contribution in [0.5, 0.6) is 0 Å². The molecule has 7 heteroatoms. The van der Waals surface area contributed by atoms with Gasteiger partial charge >= 0.3 is 0 Å². The molecule has 0 rings (SSSR count). The minimum absolute atomic E-state index is 0.0591. The van der Waals surface area contributed by atoms with Crippen LogP contribution in [0.15, 0.2) is 0 Å². The molecule has 6 nitrogen and oxygen atoms in total. The molecule has 0 spiro atoms. The molecule has 0 saturated carbocycles. The van der Waals surface area contributed by atoms with Crippen molar-refractivity contribution >= 4 is 16.0 Å².